The fourth-order valence-corrected chi connectivity index (χ4v) is 1.77. The number of primary amides is 1. The van der Waals surface area contributed by atoms with Crippen molar-refractivity contribution < 1.29 is 22.8 Å². The van der Waals surface area contributed by atoms with E-state index in [9.17, 15) is 22.8 Å². The van der Waals surface area contributed by atoms with Crippen molar-refractivity contribution in [2.75, 3.05) is 13.6 Å². The first kappa shape index (κ1) is 17.0. The molecule has 0 aliphatic heterocycles. The third-order valence-corrected chi connectivity index (χ3v) is 2.99. The van der Waals surface area contributed by atoms with E-state index in [4.69, 9.17) is 5.73 Å². The molecular weight excluding hydrogens is 287 g/mol. The standard InChI is InChI=1S/C13H16F3N3O2/c1-12(11(17)21,19-10(20)7-18-2)8-4-3-5-9(6-8)13(14,15)16/h3-6,18H,7H2,1-2H3,(H2,17,21)(H,19,20). The van der Waals surface area contributed by atoms with E-state index < -0.39 is 29.1 Å². The Morgan fingerprint density at radius 3 is 2.29 bits per heavy atom. The Morgan fingerprint density at radius 2 is 1.81 bits per heavy atom. The molecule has 0 spiro atoms. The number of carbonyl (C=O) groups excluding carboxylic acids is 2. The molecule has 4 N–H and O–H groups in total. The second-order valence-corrected chi connectivity index (χ2v) is 4.65. The van der Waals surface area contributed by atoms with Gasteiger partial charge in [-0.2, -0.15) is 13.2 Å². The number of amides is 2. The predicted octanol–water partition coefficient (Wildman–Crippen LogP) is 0.741. The van der Waals surface area contributed by atoms with E-state index in [-0.39, 0.29) is 12.1 Å². The van der Waals surface area contributed by atoms with Crippen molar-refractivity contribution in [1.82, 2.24) is 10.6 Å². The molecule has 1 rings (SSSR count). The first-order valence-corrected chi connectivity index (χ1v) is 6.04. The molecule has 1 atom stereocenters. The third kappa shape index (κ3) is 3.94. The van der Waals surface area contributed by atoms with Crippen LogP contribution in [0.15, 0.2) is 24.3 Å². The van der Waals surface area contributed by atoms with Crippen molar-refractivity contribution in [2.45, 2.75) is 18.6 Å². The van der Waals surface area contributed by atoms with Crippen molar-refractivity contribution in [1.29, 1.82) is 0 Å². The lowest BCUT2D eigenvalue weighted by atomic mass is 9.89. The molecule has 0 aromatic heterocycles. The average molecular weight is 303 g/mol. The first-order valence-electron chi connectivity index (χ1n) is 6.04. The lowest BCUT2D eigenvalue weighted by Crippen LogP contribution is -2.54. The number of rotatable bonds is 5. The Hall–Kier alpha value is -2.09. The maximum atomic E-state index is 12.7. The van der Waals surface area contributed by atoms with E-state index >= 15 is 0 Å². The summed E-state index contributed by atoms with van der Waals surface area (Å²) in [5, 5.41) is 4.92. The highest BCUT2D eigenvalue weighted by Crippen LogP contribution is 2.32. The number of hydrogen-bond acceptors (Lipinski definition) is 3. The minimum Gasteiger partial charge on any atom is -0.367 e. The molecule has 0 aliphatic rings. The number of carbonyl (C=O) groups is 2. The average Bonchev–Trinajstić information content (AvgIpc) is 2.37. The second kappa shape index (κ2) is 6.13. The van der Waals surface area contributed by atoms with Crippen molar-refractivity contribution in [3.8, 4) is 0 Å². The summed E-state index contributed by atoms with van der Waals surface area (Å²) in [7, 11) is 1.52. The van der Waals surface area contributed by atoms with Crippen LogP contribution in [0.1, 0.15) is 18.1 Å². The third-order valence-electron chi connectivity index (χ3n) is 2.99. The lowest BCUT2D eigenvalue weighted by Gasteiger charge is -2.28. The zero-order valence-electron chi connectivity index (χ0n) is 11.5. The Morgan fingerprint density at radius 1 is 1.24 bits per heavy atom. The highest BCUT2D eigenvalue weighted by atomic mass is 19.4. The summed E-state index contributed by atoms with van der Waals surface area (Å²) in [5.41, 5.74) is 2.57. The van der Waals surface area contributed by atoms with Gasteiger partial charge in [0.1, 0.15) is 5.54 Å². The Balaban J connectivity index is 3.23. The fourth-order valence-electron chi connectivity index (χ4n) is 1.77. The molecule has 0 saturated heterocycles. The van der Waals surface area contributed by atoms with Gasteiger partial charge in [-0.05, 0) is 31.7 Å². The smallest absolute Gasteiger partial charge is 0.367 e. The molecule has 8 heteroatoms. The van der Waals surface area contributed by atoms with Gasteiger partial charge in [0.05, 0.1) is 12.1 Å². The summed E-state index contributed by atoms with van der Waals surface area (Å²) >= 11 is 0. The van der Waals surface area contributed by atoms with Crippen LogP contribution in [0.2, 0.25) is 0 Å². The summed E-state index contributed by atoms with van der Waals surface area (Å²) in [6.07, 6.45) is -4.55. The number of halogens is 3. The normalized spacial score (nSPS) is 14.3. The second-order valence-electron chi connectivity index (χ2n) is 4.65. The molecule has 0 radical (unpaired) electrons. The van der Waals surface area contributed by atoms with Crippen LogP contribution in [-0.4, -0.2) is 25.4 Å². The fraction of sp³-hybridized carbons (Fsp3) is 0.385. The molecule has 21 heavy (non-hydrogen) atoms. The zero-order chi connectivity index (χ0) is 16.3. The monoisotopic (exact) mass is 303 g/mol. The van der Waals surface area contributed by atoms with Gasteiger partial charge in [-0.3, -0.25) is 9.59 Å². The van der Waals surface area contributed by atoms with Gasteiger partial charge in [0.25, 0.3) is 0 Å². The summed E-state index contributed by atoms with van der Waals surface area (Å²) in [6.45, 7) is 1.17. The molecule has 1 aromatic rings. The van der Waals surface area contributed by atoms with Gasteiger partial charge in [-0.15, -0.1) is 0 Å². The summed E-state index contributed by atoms with van der Waals surface area (Å²) in [5.74, 6) is -1.51. The van der Waals surface area contributed by atoms with Crippen LogP contribution in [-0.2, 0) is 21.3 Å². The van der Waals surface area contributed by atoms with Gasteiger partial charge in [0.2, 0.25) is 11.8 Å². The van der Waals surface area contributed by atoms with Crippen molar-refractivity contribution in [3.05, 3.63) is 35.4 Å². The number of likely N-dealkylation sites (N-methyl/N-ethyl adjacent to an activating group) is 1. The van der Waals surface area contributed by atoms with Gasteiger partial charge in [-0.1, -0.05) is 12.1 Å². The van der Waals surface area contributed by atoms with E-state index in [1.54, 1.807) is 0 Å². The maximum absolute atomic E-state index is 12.7. The minimum atomic E-state index is -4.55. The molecular formula is C13H16F3N3O2. The molecule has 5 nitrogen and oxygen atoms in total. The van der Waals surface area contributed by atoms with Gasteiger partial charge in [0.15, 0.2) is 0 Å². The molecule has 1 unspecified atom stereocenters. The zero-order valence-corrected chi connectivity index (χ0v) is 11.5. The predicted molar refractivity (Wildman–Crippen MR) is 70.1 cm³/mol. The molecule has 0 saturated carbocycles. The van der Waals surface area contributed by atoms with Gasteiger partial charge >= 0.3 is 6.18 Å². The van der Waals surface area contributed by atoms with Gasteiger partial charge in [0, 0.05) is 0 Å². The van der Waals surface area contributed by atoms with Gasteiger partial charge < -0.3 is 16.4 Å². The molecule has 0 bridgehead atoms. The van der Waals surface area contributed by atoms with E-state index in [0.717, 1.165) is 18.2 Å². The maximum Gasteiger partial charge on any atom is 0.416 e. The highest BCUT2D eigenvalue weighted by molar-refractivity contribution is 5.91. The Labute approximate surface area is 119 Å². The van der Waals surface area contributed by atoms with Crippen LogP contribution in [0.3, 0.4) is 0 Å². The van der Waals surface area contributed by atoms with Crippen molar-refractivity contribution in [2.24, 2.45) is 5.73 Å². The van der Waals surface area contributed by atoms with E-state index in [0.29, 0.717) is 0 Å². The Kier molecular flexibility index (Phi) is 4.95. The van der Waals surface area contributed by atoms with Crippen LogP contribution < -0.4 is 16.4 Å². The van der Waals surface area contributed by atoms with Crippen LogP contribution in [0.25, 0.3) is 0 Å². The molecule has 1 aromatic carbocycles. The van der Waals surface area contributed by atoms with Crippen LogP contribution in [0, 0.1) is 0 Å². The van der Waals surface area contributed by atoms with Crippen molar-refractivity contribution in [3.63, 3.8) is 0 Å². The lowest BCUT2D eigenvalue weighted by molar-refractivity contribution is -0.138. The first-order chi connectivity index (χ1) is 9.61. The van der Waals surface area contributed by atoms with Crippen molar-refractivity contribution >= 4 is 11.8 Å². The molecule has 2 amide bonds. The number of hydrogen-bond donors (Lipinski definition) is 3. The largest absolute Gasteiger partial charge is 0.416 e. The van der Waals surface area contributed by atoms with Crippen LogP contribution in [0.5, 0.6) is 0 Å². The molecule has 0 aliphatic carbocycles. The minimum absolute atomic E-state index is 0.0331. The quantitative estimate of drug-likeness (QED) is 0.750. The van der Waals surface area contributed by atoms with Gasteiger partial charge in [-0.25, -0.2) is 0 Å². The van der Waals surface area contributed by atoms with E-state index in [2.05, 4.69) is 10.6 Å². The van der Waals surface area contributed by atoms with E-state index in [1.165, 1.54) is 20.0 Å². The summed E-state index contributed by atoms with van der Waals surface area (Å²) < 4.78 is 38.2. The van der Waals surface area contributed by atoms with Crippen LogP contribution in [0.4, 0.5) is 13.2 Å². The number of benzene rings is 1. The molecule has 116 valence electrons. The topological polar surface area (TPSA) is 84.2 Å². The highest BCUT2D eigenvalue weighted by Gasteiger charge is 2.37. The summed E-state index contributed by atoms with van der Waals surface area (Å²) in [6, 6.07) is 4.13. The number of nitrogens with two attached hydrogens (primary N) is 1. The number of alkyl halides is 3. The SMILES string of the molecule is CNCC(=O)NC(C)(C(N)=O)c1cccc(C(F)(F)F)c1. The molecule has 0 heterocycles. The molecule has 0 fully saturated rings. The Bertz CT molecular complexity index is 546. The van der Waals surface area contributed by atoms with Crippen LogP contribution >= 0.6 is 0 Å². The van der Waals surface area contributed by atoms with E-state index in [1.807, 2.05) is 0 Å². The summed E-state index contributed by atoms with van der Waals surface area (Å²) in [4.78, 5) is 23.2. The number of nitrogens with one attached hydrogen (secondary N) is 2.